The maximum atomic E-state index is 13.1. The second-order valence-corrected chi connectivity index (χ2v) is 4.92. The number of para-hydroxylation sites is 1. The number of hydrogen-bond donors (Lipinski definition) is 2. The predicted octanol–water partition coefficient (Wildman–Crippen LogP) is 3.44. The molecule has 3 rings (SSSR count). The van der Waals surface area contributed by atoms with Crippen molar-refractivity contribution in [1.82, 2.24) is 9.97 Å². The number of aliphatic hydroxyl groups is 1. The Kier molecular flexibility index (Phi) is 3.65. The number of benzene rings is 1. The van der Waals surface area contributed by atoms with Crippen LogP contribution in [0.2, 0.25) is 0 Å². The van der Waals surface area contributed by atoms with Crippen LogP contribution >= 0.6 is 0 Å². The normalized spacial score (nSPS) is 13.2. The number of halogens is 3. The van der Waals surface area contributed by atoms with E-state index in [-0.39, 0.29) is 27.9 Å². The van der Waals surface area contributed by atoms with Gasteiger partial charge in [0.15, 0.2) is 0 Å². The summed E-state index contributed by atoms with van der Waals surface area (Å²) in [4.78, 5) is 7.44. The monoisotopic (exact) mass is 320 g/mol. The van der Waals surface area contributed by atoms with E-state index in [0.717, 1.165) is 6.07 Å². The van der Waals surface area contributed by atoms with Gasteiger partial charge in [0.05, 0.1) is 5.69 Å². The van der Waals surface area contributed by atoms with Crippen molar-refractivity contribution in [2.24, 2.45) is 0 Å². The molecule has 0 radical (unpaired) electrons. The van der Waals surface area contributed by atoms with Crippen molar-refractivity contribution in [2.75, 3.05) is 0 Å². The molecule has 118 valence electrons. The largest absolute Gasteiger partial charge is 0.506 e. The third-order valence-corrected chi connectivity index (χ3v) is 3.40. The van der Waals surface area contributed by atoms with E-state index < -0.39 is 18.0 Å². The zero-order valence-electron chi connectivity index (χ0n) is 11.6. The standard InChI is InChI=1S/C16H11F3N2O2/c17-16(18,19)13-8-10(15(23)11-5-1-2-7-20-11)9-4-3-6-12(22)14(9)21-13/h1-8,15,22-23H. The van der Waals surface area contributed by atoms with Gasteiger partial charge in [-0.05, 0) is 29.8 Å². The van der Waals surface area contributed by atoms with Crippen LogP contribution in [0.25, 0.3) is 10.9 Å². The van der Waals surface area contributed by atoms with E-state index in [1.54, 1.807) is 12.1 Å². The first-order valence-electron chi connectivity index (χ1n) is 6.67. The first-order chi connectivity index (χ1) is 10.9. The molecule has 23 heavy (non-hydrogen) atoms. The lowest BCUT2D eigenvalue weighted by atomic mass is 9.99. The maximum Gasteiger partial charge on any atom is 0.433 e. The number of rotatable bonds is 2. The molecule has 4 nitrogen and oxygen atoms in total. The highest BCUT2D eigenvalue weighted by Gasteiger charge is 2.34. The van der Waals surface area contributed by atoms with E-state index in [2.05, 4.69) is 9.97 Å². The molecule has 0 spiro atoms. The highest BCUT2D eigenvalue weighted by Crippen LogP contribution is 2.36. The highest BCUT2D eigenvalue weighted by molar-refractivity contribution is 5.88. The molecule has 0 fully saturated rings. The van der Waals surface area contributed by atoms with Gasteiger partial charge in [-0.25, -0.2) is 4.98 Å². The Hall–Kier alpha value is -2.67. The lowest BCUT2D eigenvalue weighted by molar-refractivity contribution is -0.141. The fourth-order valence-corrected chi connectivity index (χ4v) is 2.33. The van der Waals surface area contributed by atoms with Crippen LogP contribution in [0, 0.1) is 0 Å². The average molecular weight is 320 g/mol. The van der Waals surface area contributed by atoms with E-state index >= 15 is 0 Å². The van der Waals surface area contributed by atoms with Gasteiger partial charge in [-0.1, -0.05) is 18.2 Å². The van der Waals surface area contributed by atoms with Crippen LogP contribution in [0.15, 0.2) is 48.7 Å². The lowest BCUT2D eigenvalue weighted by Crippen LogP contribution is -2.11. The maximum absolute atomic E-state index is 13.1. The Balaban J connectivity index is 2.28. The summed E-state index contributed by atoms with van der Waals surface area (Å²) in [7, 11) is 0. The number of alkyl halides is 3. The average Bonchev–Trinajstić information content (AvgIpc) is 2.54. The predicted molar refractivity (Wildman–Crippen MR) is 76.7 cm³/mol. The topological polar surface area (TPSA) is 66.2 Å². The number of nitrogens with zero attached hydrogens (tertiary/aromatic N) is 2. The zero-order valence-corrected chi connectivity index (χ0v) is 11.6. The van der Waals surface area contributed by atoms with Crippen molar-refractivity contribution in [3.8, 4) is 5.75 Å². The Bertz CT molecular complexity index is 851. The lowest BCUT2D eigenvalue weighted by Gasteiger charge is -2.16. The summed E-state index contributed by atoms with van der Waals surface area (Å²) in [6, 6.07) is 9.75. The molecule has 0 aliphatic rings. The van der Waals surface area contributed by atoms with E-state index in [4.69, 9.17) is 0 Å². The van der Waals surface area contributed by atoms with Gasteiger partial charge in [0.2, 0.25) is 0 Å². The highest BCUT2D eigenvalue weighted by atomic mass is 19.4. The molecule has 3 aromatic rings. The van der Waals surface area contributed by atoms with Crippen molar-refractivity contribution >= 4 is 10.9 Å². The second kappa shape index (κ2) is 5.51. The zero-order chi connectivity index (χ0) is 16.6. The molecule has 2 N–H and O–H groups in total. The summed E-state index contributed by atoms with van der Waals surface area (Å²) in [5.41, 5.74) is -1.21. The number of aromatic nitrogens is 2. The first-order valence-corrected chi connectivity index (χ1v) is 6.67. The van der Waals surface area contributed by atoms with Gasteiger partial charge >= 0.3 is 6.18 Å². The SMILES string of the molecule is Oc1cccc2c(C(O)c3ccccn3)cc(C(F)(F)F)nc12. The molecule has 0 aliphatic carbocycles. The van der Waals surface area contributed by atoms with Crippen molar-refractivity contribution in [1.29, 1.82) is 0 Å². The van der Waals surface area contributed by atoms with Gasteiger partial charge in [0, 0.05) is 11.6 Å². The molecule has 2 aromatic heterocycles. The Morgan fingerprint density at radius 3 is 2.48 bits per heavy atom. The molecule has 1 unspecified atom stereocenters. The fourth-order valence-electron chi connectivity index (χ4n) is 2.33. The van der Waals surface area contributed by atoms with Crippen LogP contribution in [0.4, 0.5) is 13.2 Å². The summed E-state index contributed by atoms with van der Waals surface area (Å²) in [6.45, 7) is 0. The molecular weight excluding hydrogens is 309 g/mol. The summed E-state index contributed by atoms with van der Waals surface area (Å²) in [6.07, 6.45) is -4.64. The van der Waals surface area contributed by atoms with E-state index in [1.165, 1.54) is 30.5 Å². The molecule has 1 aromatic carbocycles. The van der Waals surface area contributed by atoms with Crippen LogP contribution in [0.1, 0.15) is 23.1 Å². The van der Waals surface area contributed by atoms with Gasteiger partial charge < -0.3 is 10.2 Å². The van der Waals surface area contributed by atoms with Crippen LogP contribution in [-0.4, -0.2) is 20.2 Å². The number of phenols is 1. The van der Waals surface area contributed by atoms with E-state index in [9.17, 15) is 23.4 Å². The summed E-state index contributed by atoms with van der Waals surface area (Å²) in [5.74, 6) is -0.386. The molecule has 0 saturated carbocycles. The summed E-state index contributed by atoms with van der Waals surface area (Å²) < 4.78 is 39.2. The van der Waals surface area contributed by atoms with Crippen molar-refractivity contribution < 1.29 is 23.4 Å². The summed E-state index contributed by atoms with van der Waals surface area (Å²) >= 11 is 0. The molecule has 0 aliphatic heterocycles. The number of aromatic hydroxyl groups is 1. The number of pyridine rings is 2. The molecular formula is C16H11F3N2O2. The van der Waals surface area contributed by atoms with Crippen LogP contribution in [0.3, 0.4) is 0 Å². The van der Waals surface area contributed by atoms with E-state index in [0.29, 0.717) is 0 Å². The Morgan fingerprint density at radius 2 is 1.83 bits per heavy atom. The quantitative estimate of drug-likeness (QED) is 0.759. The third kappa shape index (κ3) is 2.83. The van der Waals surface area contributed by atoms with E-state index in [1.807, 2.05) is 0 Å². The second-order valence-electron chi connectivity index (χ2n) is 4.92. The number of hydrogen-bond acceptors (Lipinski definition) is 4. The molecule has 0 saturated heterocycles. The van der Waals surface area contributed by atoms with Gasteiger partial charge in [0.25, 0.3) is 0 Å². The van der Waals surface area contributed by atoms with Gasteiger partial charge in [0.1, 0.15) is 23.1 Å². The van der Waals surface area contributed by atoms with Crippen LogP contribution < -0.4 is 0 Å². The minimum absolute atomic E-state index is 0.0167. The summed E-state index contributed by atoms with van der Waals surface area (Å²) in [5, 5.41) is 20.5. The first kappa shape index (κ1) is 15.2. The van der Waals surface area contributed by atoms with Gasteiger partial charge in [-0.15, -0.1) is 0 Å². The molecule has 0 amide bonds. The minimum Gasteiger partial charge on any atom is -0.506 e. The van der Waals surface area contributed by atoms with Crippen LogP contribution in [0.5, 0.6) is 5.75 Å². The Morgan fingerprint density at radius 1 is 1.04 bits per heavy atom. The molecule has 2 heterocycles. The number of aliphatic hydroxyl groups excluding tert-OH is 1. The third-order valence-electron chi connectivity index (χ3n) is 3.40. The smallest absolute Gasteiger partial charge is 0.433 e. The van der Waals surface area contributed by atoms with Gasteiger partial charge in [-0.3, -0.25) is 4.98 Å². The number of fused-ring (bicyclic) bond motifs is 1. The van der Waals surface area contributed by atoms with Crippen molar-refractivity contribution in [2.45, 2.75) is 12.3 Å². The fraction of sp³-hybridized carbons (Fsp3) is 0.125. The number of phenolic OH excluding ortho intramolecular Hbond substituents is 1. The molecule has 0 bridgehead atoms. The molecule has 7 heteroatoms. The Labute approximate surface area is 128 Å². The van der Waals surface area contributed by atoms with Crippen molar-refractivity contribution in [3.05, 3.63) is 65.6 Å². The minimum atomic E-state index is -4.70. The van der Waals surface area contributed by atoms with Crippen molar-refractivity contribution in [3.63, 3.8) is 0 Å². The molecule has 1 atom stereocenters. The van der Waals surface area contributed by atoms with Crippen LogP contribution in [-0.2, 0) is 6.18 Å². The van der Waals surface area contributed by atoms with Gasteiger partial charge in [-0.2, -0.15) is 13.2 Å².